The fraction of sp³-hybridized carbons (Fsp3) is 0.462. The first-order valence-electron chi connectivity index (χ1n) is 5.94. The van der Waals surface area contributed by atoms with Crippen LogP contribution in [0.5, 0.6) is 0 Å². The Kier molecular flexibility index (Phi) is 3.61. The minimum absolute atomic E-state index is 0.115. The number of benzene rings is 1. The van der Waals surface area contributed by atoms with E-state index in [9.17, 15) is 9.18 Å². The number of amides is 1. The molecule has 0 bridgehead atoms. The Bertz CT molecular complexity index is 414. The molecule has 1 aromatic rings. The molecule has 1 saturated heterocycles. The molecule has 17 heavy (non-hydrogen) atoms. The van der Waals surface area contributed by atoms with Gasteiger partial charge in [-0.15, -0.1) is 0 Å². The van der Waals surface area contributed by atoms with Gasteiger partial charge in [-0.2, -0.15) is 0 Å². The van der Waals surface area contributed by atoms with Crippen molar-refractivity contribution in [3.63, 3.8) is 0 Å². The van der Waals surface area contributed by atoms with Crippen molar-refractivity contribution in [2.24, 2.45) is 0 Å². The number of rotatable bonds is 3. The molecule has 1 heterocycles. The third-order valence-corrected chi connectivity index (χ3v) is 3.06. The van der Waals surface area contributed by atoms with Gasteiger partial charge in [0.1, 0.15) is 5.82 Å². The molecule has 0 atom stereocenters. The van der Waals surface area contributed by atoms with E-state index in [0.717, 1.165) is 31.6 Å². The van der Waals surface area contributed by atoms with E-state index >= 15 is 0 Å². The van der Waals surface area contributed by atoms with Crippen LogP contribution in [0.4, 0.5) is 10.1 Å². The molecule has 1 amide bonds. The highest BCUT2D eigenvalue weighted by molar-refractivity contribution is 5.81. The molecule has 1 aliphatic heterocycles. The maximum atomic E-state index is 13.0. The van der Waals surface area contributed by atoms with Crippen LogP contribution in [0.1, 0.15) is 18.4 Å². The van der Waals surface area contributed by atoms with Crippen LogP contribution in [0, 0.1) is 12.7 Å². The summed E-state index contributed by atoms with van der Waals surface area (Å²) in [6, 6.07) is 4.78. The zero-order valence-electron chi connectivity index (χ0n) is 10.0. The number of nitrogens with zero attached hydrogens (tertiary/aromatic N) is 1. The molecular weight excluding hydrogens is 219 g/mol. The molecule has 92 valence electrons. The molecule has 1 aromatic carbocycles. The topological polar surface area (TPSA) is 32.3 Å². The van der Waals surface area contributed by atoms with Crippen molar-refractivity contribution in [3.05, 3.63) is 29.6 Å². The summed E-state index contributed by atoms with van der Waals surface area (Å²) in [5, 5.41) is 3.03. The molecule has 1 N–H and O–H groups in total. The summed E-state index contributed by atoms with van der Waals surface area (Å²) < 4.78 is 13.0. The van der Waals surface area contributed by atoms with Gasteiger partial charge in [-0.25, -0.2) is 4.39 Å². The predicted molar refractivity (Wildman–Crippen MR) is 65.4 cm³/mol. The molecule has 1 aliphatic rings. The molecule has 0 radical (unpaired) electrons. The van der Waals surface area contributed by atoms with Crippen molar-refractivity contribution in [1.29, 1.82) is 0 Å². The number of halogens is 1. The van der Waals surface area contributed by atoms with Gasteiger partial charge in [-0.05, 0) is 43.5 Å². The highest BCUT2D eigenvalue weighted by Crippen LogP contribution is 2.14. The first-order valence-corrected chi connectivity index (χ1v) is 5.94. The lowest BCUT2D eigenvalue weighted by Crippen LogP contribution is -2.32. The second-order valence-corrected chi connectivity index (χ2v) is 4.41. The molecule has 0 unspecified atom stereocenters. The predicted octanol–water partition coefficient (Wildman–Crippen LogP) is 2.17. The summed E-state index contributed by atoms with van der Waals surface area (Å²) in [7, 11) is 0. The number of anilines is 1. The Morgan fingerprint density at radius 3 is 2.76 bits per heavy atom. The van der Waals surface area contributed by atoms with E-state index in [-0.39, 0.29) is 18.3 Å². The zero-order chi connectivity index (χ0) is 12.3. The normalized spacial score (nSPS) is 15.1. The standard InChI is InChI=1S/C13H17FN2O/c1-10-8-11(4-5-12(10)14)15-9-13(17)16-6-2-3-7-16/h4-5,8,15H,2-3,6-7,9H2,1H3. The molecule has 0 aliphatic carbocycles. The summed E-state index contributed by atoms with van der Waals surface area (Å²) >= 11 is 0. The van der Waals surface area contributed by atoms with Crippen molar-refractivity contribution in [2.75, 3.05) is 25.0 Å². The Morgan fingerprint density at radius 1 is 1.41 bits per heavy atom. The van der Waals surface area contributed by atoms with Crippen molar-refractivity contribution in [1.82, 2.24) is 4.90 Å². The van der Waals surface area contributed by atoms with Gasteiger partial charge in [0, 0.05) is 18.8 Å². The van der Waals surface area contributed by atoms with E-state index in [1.807, 2.05) is 4.90 Å². The number of carbonyl (C=O) groups excluding carboxylic acids is 1. The van der Waals surface area contributed by atoms with Gasteiger partial charge in [0.2, 0.25) is 5.91 Å². The largest absolute Gasteiger partial charge is 0.376 e. The maximum absolute atomic E-state index is 13.0. The van der Waals surface area contributed by atoms with Crippen LogP contribution < -0.4 is 5.32 Å². The van der Waals surface area contributed by atoms with Crippen LogP contribution in [0.2, 0.25) is 0 Å². The Balaban J connectivity index is 1.88. The van der Waals surface area contributed by atoms with Gasteiger partial charge in [0.05, 0.1) is 6.54 Å². The zero-order valence-corrected chi connectivity index (χ0v) is 10.0. The minimum Gasteiger partial charge on any atom is -0.376 e. The van der Waals surface area contributed by atoms with Crippen LogP contribution in [0.25, 0.3) is 0 Å². The number of aryl methyl sites for hydroxylation is 1. The molecule has 3 nitrogen and oxygen atoms in total. The first-order chi connectivity index (χ1) is 8.16. The van der Waals surface area contributed by atoms with Crippen molar-refractivity contribution in [2.45, 2.75) is 19.8 Å². The van der Waals surface area contributed by atoms with E-state index in [1.54, 1.807) is 19.1 Å². The Morgan fingerprint density at radius 2 is 2.12 bits per heavy atom. The number of carbonyl (C=O) groups is 1. The average molecular weight is 236 g/mol. The van der Waals surface area contributed by atoms with E-state index in [4.69, 9.17) is 0 Å². The Hall–Kier alpha value is -1.58. The van der Waals surface area contributed by atoms with Crippen LogP contribution >= 0.6 is 0 Å². The van der Waals surface area contributed by atoms with Crippen molar-refractivity contribution < 1.29 is 9.18 Å². The van der Waals surface area contributed by atoms with E-state index in [0.29, 0.717) is 5.56 Å². The van der Waals surface area contributed by atoms with Crippen LogP contribution in [-0.2, 0) is 4.79 Å². The van der Waals surface area contributed by atoms with E-state index < -0.39 is 0 Å². The van der Waals surface area contributed by atoms with Gasteiger partial charge >= 0.3 is 0 Å². The van der Waals surface area contributed by atoms with Gasteiger partial charge in [0.25, 0.3) is 0 Å². The first kappa shape index (κ1) is 11.9. The molecule has 0 aromatic heterocycles. The second-order valence-electron chi connectivity index (χ2n) is 4.41. The molecule has 2 rings (SSSR count). The maximum Gasteiger partial charge on any atom is 0.241 e. The number of likely N-dealkylation sites (tertiary alicyclic amines) is 1. The molecule has 0 saturated carbocycles. The quantitative estimate of drug-likeness (QED) is 0.872. The SMILES string of the molecule is Cc1cc(NCC(=O)N2CCCC2)ccc1F. The highest BCUT2D eigenvalue weighted by Gasteiger charge is 2.17. The molecular formula is C13H17FN2O. The fourth-order valence-electron chi connectivity index (χ4n) is 2.01. The van der Waals surface area contributed by atoms with Crippen molar-refractivity contribution in [3.8, 4) is 0 Å². The van der Waals surface area contributed by atoms with Gasteiger partial charge < -0.3 is 10.2 Å². The van der Waals surface area contributed by atoms with Gasteiger partial charge in [-0.3, -0.25) is 4.79 Å². The summed E-state index contributed by atoms with van der Waals surface area (Å²) in [5.41, 5.74) is 1.38. The number of nitrogens with one attached hydrogen (secondary N) is 1. The van der Waals surface area contributed by atoms with Crippen LogP contribution in [0.3, 0.4) is 0 Å². The number of hydrogen-bond donors (Lipinski definition) is 1. The molecule has 4 heteroatoms. The fourth-order valence-corrected chi connectivity index (χ4v) is 2.01. The lowest BCUT2D eigenvalue weighted by molar-refractivity contribution is -0.128. The van der Waals surface area contributed by atoms with Crippen LogP contribution in [0.15, 0.2) is 18.2 Å². The van der Waals surface area contributed by atoms with E-state index in [2.05, 4.69) is 5.32 Å². The van der Waals surface area contributed by atoms with E-state index in [1.165, 1.54) is 6.07 Å². The number of hydrogen-bond acceptors (Lipinski definition) is 2. The minimum atomic E-state index is -0.221. The lowest BCUT2D eigenvalue weighted by atomic mass is 10.2. The summed E-state index contributed by atoms with van der Waals surface area (Å²) in [6.07, 6.45) is 2.20. The third-order valence-electron chi connectivity index (χ3n) is 3.06. The monoisotopic (exact) mass is 236 g/mol. The third kappa shape index (κ3) is 2.96. The second kappa shape index (κ2) is 5.17. The van der Waals surface area contributed by atoms with Crippen molar-refractivity contribution >= 4 is 11.6 Å². The highest BCUT2D eigenvalue weighted by atomic mass is 19.1. The summed E-state index contributed by atoms with van der Waals surface area (Å²) in [6.45, 7) is 3.72. The van der Waals surface area contributed by atoms with Crippen LogP contribution in [-0.4, -0.2) is 30.4 Å². The summed E-state index contributed by atoms with van der Waals surface area (Å²) in [4.78, 5) is 13.6. The van der Waals surface area contributed by atoms with Gasteiger partial charge in [-0.1, -0.05) is 0 Å². The molecule has 0 spiro atoms. The lowest BCUT2D eigenvalue weighted by Gasteiger charge is -2.16. The van der Waals surface area contributed by atoms with Gasteiger partial charge in [0.15, 0.2) is 0 Å². The summed E-state index contributed by atoms with van der Waals surface area (Å²) in [5.74, 6) is -0.106. The molecule has 1 fully saturated rings. The average Bonchev–Trinajstić information content (AvgIpc) is 2.84. The Labute approximate surface area is 101 Å². The smallest absolute Gasteiger partial charge is 0.241 e.